The van der Waals surface area contributed by atoms with Crippen LogP contribution in [0, 0.1) is 5.92 Å². The lowest BCUT2D eigenvalue weighted by atomic mass is 10.2. The maximum atomic E-state index is 12.3. The minimum atomic E-state index is -0.724. The number of methoxy groups -OCH3 is 1. The molecule has 0 saturated heterocycles. The smallest absolute Gasteiger partial charge is 0.342 e. The summed E-state index contributed by atoms with van der Waals surface area (Å²) >= 11 is 6.04. The van der Waals surface area contributed by atoms with Gasteiger partial charge in [-0.05, 0) is 36.2 Å². The van der Waals surface area contributed by atoms with Gasteiger partial charge in [0.15, 0.2) is 13.2 Å². The van der Waals surface area contributed by atoms with Crippen LogP contribution >= 0.6 is 11.6 Å². The number of amides is 2. The van der Waals surface area contributed by atoms with Crippen molar-refractivity contribution in [1.82, 2.24) is 5.32 Å². The van der Waals surface area contributed by atoms with E-state index in [0.29, 0.717) is 23.0 Å². The molecule has 0 aliphatic heterocycles. The van der Waals surface area contributed by atoms with Gasteiger partial charge < -0.3 is 24.8 Å². The first-order valence-corrected chi connectivity index (χ1v) is 9.97. The van der Waals surface area contributed by atoms with Crippen molar-refractivity contribution >= 4 is 35.1 Å². The number of para-hydroxylation sites is 1. The zero-order valence-electron chi connectivity index (χ0n) is 17.6. The summed E-state index contributed by atoms with van der Waals surface area (Å²) in [5.41, 5.74) is 0.582. The van der Waals surface area contributed by atoms with E-state index in [9.17, 15) is 14.4 Å². The molecule has 2 rings (SSSR count). The molecule has 0 aliphatic carbocycles. The summed E-state index contributed by atoms with van der Waals surface area (Å²) in [6, 6.07) is 11.1. The zero-order valence-corrected chi connectivity index (χ0v) is 18.3. The molecule has 0 bridgehead atoms. The highest BCUT2D eigenvalue weighted by Gasteiger charge is 2.16. The summed E-state index contributed by atoms with van der Waals surface area (Å²) in [5, 5.41) is 5.66. The topological polar surface area (TPSA) is 103 Å². The second-order valence-electron chi connectivity index (χ2n) is 6.96. The van der Waals surface area contributed by atoms with Crippen LogP contribution in [0.5, 0.6) is 11.5 Å². The van der Waals surface area contributed by atoms with Gasteiger partial charge >= 0.3 is 5.97 Å². The van der Waals surface area contributed by atoms with Crippen LogP contribution in [0.25, 0.3) is 0 Å². The van der Waals surface area contributed by atoms with Crippen LogP contribution in [0.1, 0.15) is 24.2 Å². The van der Waals surface area contributed by atoms with Gasteiger partial charge in [0.05, 0.1) is 12.1 Å². The third kappa shape index (κ3) is 7.82. The molecule has 2 amide bonds. The molecule has 2 N–H and O–H groups in total. The lowest BCUT2D eigenvalue weighted by Crippen LogP contribution is -2.31. The highest BCUT2D eigenvalue weighted by atomic mass is 35.5. The van der Waals surface area contributed by atoms with Crippen molar-refractivity contribution in [1.29, 1.82) is 0 Å². The SMILES string of the molecule is COc1ccc(NC(=O)COc2ccccc2C(=O)OCC(=O)NCC(C)C)cc1Cl. The fourth-order valence-electron chi connectivity index (χ4n) is 2.42. The third-order valence-corrected chi connectivity index (χ3v) is 4.24. The van der Waals surface area contributed by atoms with E-state index in [1.54, 1.807) is 30.3 Å². The molecule has 0 aromatic heterocycles. The predicted octanol–water partition coefficient (Wildman–Crippen LogP) is 3.30. The molecular formula is C22H25ClN2O6. The standard InChI is InChI=1S/C22H25ClN2O6/c1-14(2)11-24-20(26)12-31-22(28)16-6-4-5-7-18(16)30-13-21(27)25-15-8-9-19(29-3)17(23)10-15/h4-10,14H,11-13H2,1-3H3,(H,24,26)(H,25,27). The monoisotopic (exact) mass is 448 g/mol. The maximum Gasteiger partial charge on any atom is 0.342 e. The van der Waals surface area contributed by atoms with Gasteiger partial charge in [-0.2, -0.15) is 0 Å². The van der Waals surface area contributed by atoms with Gasteiger partial charge in [0.2, 0.25) is 0 Å². The van der Waals surface area contributed by atoms with E-state index in [0.717, 1.165) is 0 Å². The van der Waals surface area contributed by atoms with Gasteiger partial charge in [-0.25, -0.2) is 4.79 Å². The quantitative estimate of drug-likeness (QED) is 0.540. The Labute approximate surface area is 185 Å². The Balaban J connectivity index is 1.91. The van der Waals surface area contributed by atoms with Crippen molar-refractivity contribution < 1.29 is 28.6 Å². The second kappa shape index (κ2) is 11.8. The van der Waals surface area contributed by atoms with Crippen LogP contribution in [0.15, 0.2) is 42.5 Å². The normalized spacial score (nSPS) is 10.4. The first-order valence-electron chi connectivity index (χ1n) is 9.59. The van der Waals surface area contributed by atoms with E-state index < -0.39 is 24.4 Å². The first kappa shape index (κ1) is 24.0. The lowest BCUT2D eigenvalue weighted by Gasteiger charge is -2.12. The number of carbonyl (C=O) groups is 3. The number of esters is 1. The van der Waals surface area contributed by atoms with Crippen molar-refractivity contribution in [3.05, 3.63) is 53.1 Å². The number of rotatable bonds is 10. The Morgan fingerprint density at radius 3 is 2.42 bits per heavy atom. The van der Waals surface area contributed by atoms with Crippen LogP contribution in [-0.2, 0) is 14.3 Å². The second-order valence-corrected chi connectivity index (χ2v) is 7.36. The molecule has 0 fully saturated rings. The molecule has 2 aromatic carbocycles. The van der Waals surface area contributed by atoms with Gasteiger partial charge in [0.1, 0.15) is 17.1 Å². The van der Waals surface area contributed by atoms with Crippen molar-refractivity contribution in [3.8, 4) is 11.5 Å². The van der Waals surface area contributed by atoms with Crippen LogP contribution < -0.4 is 20.1 Å². The van der Waals surface area contributed by atoms with E-state index in [2.05, 4.69) is 10.6 Å². The molecule has 0 spiro atoms. The van der Waals surface area contributed by atoms with E-state index in [1.165, 1.54) is 19.2 Å². The molecule has 0 atom stereocenters. The molecule has 9 heteroatoms. The Morgan fingerprint density at radius 1 is 1.00 bits per heavy atom. The van der Waals surface area contributed by atoms with Gasteiger partial charge in [-0.15, -0.1) is 0 Å². The van der Waals surface area contributed by atoms with E-state index in [-0.39, 0.29) is 23.8 Å². The molecule has 0 aliphatic rings. The van der Waals surface area contributed by atoms with Gasteiger partial charge in [-0.1, -0.05) is 37.6 Å². The summed E-state index contributed by atoms with van der Waals surface area (Å²) in [6.07, 6.45) is 0. The molecule has 0 saturated carbocycles. The molecule has 166 valence electrons. The van der Waals surface area contributed by atoms with Crippen LogP contribution in [0.3, 0.4) is 0 Å². The highest BCUT2D eigenvalue weighted by Crippen LogP contribution is 2.27. The summed E-state index contributed by atoms with van der Waals surface area (Å²) < 4.78 is 15.6. The first-order chi connectivity index (χ1) is 14.8. The molecular weight excluding hydrogens is 424 g/mol. The van der Waals surface area contributed by atoms with Crippen LogP contribution in [0.4, 0.5) is 5.69 Å². The van der Waals surface area contributed by atoms with Crippen molar-refractivity contribution in [3.63, 3.8) is 0 Å². The Kier molecular flexibility index (Phi) is 9.14. The minimum absolute atomic E-state index is 0.111. The number of ether oxygens (including phenoxy) is 3. The third-order valence-electron chi connectivity index (χ3n) is 3.94. The van der Waals surface area contributed by atoms with Crippen LogP contribution in [0.2, 0.25) is 5.02 Å². The average molecular weight is 449 g/mol. The predicted molar refractivity (Wildman–Crippen MR) is 117 cm³/mol. The zero-order chi connectivity index (χ0) is 22.8. The van der Waals surface area contributed by atoms with Gasteiger partial charge in [0, 0.05) is 12.2 Å². The lowest BCUT2D eigenvalue weighted by molar-refractivity contribution is -0.124. The summed E-state index contributed by atoms with van der Waals surface area (Å²) in [4.78, 5) is 36.3. The summed E-state index contributed by atoms with van der Waals surface area (Å²) in [6.45, 7) is 3.66. The summed E-state index contributed by atoms with van der Waals surface area (Å²) in [5.74, 6) is -0.624. The van der Waals surface area contributed by atoms with E-state index >= 15 is 0 Å². The number of hydrogen-bond donors (Lipinski definition) is 2. The highest BCUT2D eigenvalue weighted by molar-refractivity contribution is 6.32. The number of anilines is 1. The molecule has 8 nitrogen and oxygen atoms in total. The average Bonchev–Trinajstić information content (AvgIpc) is 2.75. The maximum absolute atomic E-state index is 12.3. The van der Waals surface area contributed by atoms with Crippen molar-refractivity contribution in [2.45, 2.75) is 13.8 Å². The van der Waals surface area contributed by atoms with Crippen LogP contribution in [-0.4, -0.2) is 44.7 Å². The van der Waals surface area contributed by atoms with E-state index in [4.69, 9.17) is 25.8 Å². The van der Waals surface area contributed by atoms with Gasteiger partial charge in [0.25, 0.3) is 11.8 Å². The molecule has 2 aromatic rings. The van der Waals surface area contributed by atoms with E-state index in [1.807, 2.05) is 13.8 Å². The molecule has 31 heavy (non-hydrogen) atoms. The Bertz CT molecular complexity index is 932. The van der Waals surface area contributed by atoms with Gasteiger partial charge in [-0.3, -0.25) is 9.59 Å². The number of benzene rings is 2. The molecule has 0 heterocycles. The fourth-order valence-corrected chi connectivity index (χ4v) is 2.68. The number of halogens is 1. The summed E-state index contributed by atoms with van der Waals surface area (Å²) in [7, 11) is 1.49. The number of hydrogen-bond acceptors (Lipinski definition) is 6. The largest absolute Gasteiger partial charge is 0.495 e. The Morgan fingerprint density at radius 2 is 1.74 bits per heavy atom. The Hall–Kier alpha value is -3.26. The molecule has 0 radical (unpaired) electrons. The van der Waals surface area contributed by atoms with Crippen molar-refractivity contribution in [2.24, 2.45) is 5.92 Å². The minimum Gasteiger partial charge on any atom is -0.495 e. The molecule has 0 unspecified atom stereocenters. The number of nitrogens with one attached hydrogen (secondary N) is 2. The number of carbonyl (C=O) groups excluding carboxylic acids is 3. The fraction of sp³-hybridized carbons (Fsp3) is 0.318. The van der Waals surface area contributed by atoms with Crippen molar-refractivity contribution in [2.75, 3.05) is 32.2 Å².